The molecular formula is C28H33N5O6S. The van der Waals surface area contributed by atoms with E-state index in [2.05, 4.69) is 28.2 Å². The number of para-hydroxylation sites is 1. The van der Waals surface area contributed by atoms with E-state index in [0.717, 1.165) is 22.0 Å². The molecule has 3 aromatic rings. The minimum atomic E-state index is -1.24. The number of thiol groups is 1. The highest BCUT2D eigenvalue weighted by Crippen LogP contribution is 2.22. The van der Waals surface area contributed by atoms with Crippen LogP contribution in [0.1, 0.15) is 24.0 Å². The van der Waals surface area contributed by atoms with Gasteiger partial charge in [-0.2, -0.15) is 12.6 Å². The number of carbonyl (C=O) groups is 4. The molecule has 1 aromatic heterocycles. The van der Waals surface area contributed by atoms with Crippen LogP contribution in [0.4, 0.5) is 0 Å². The Morgan fingerprint density at radius 2 is 1.77 bits per heavy atom. The van der Waals surface area contributed by atoms with Gasteiger partial charge in [0.15, 0.2) is 0 Å². The number of carboxylic acid groups (broad SMARTS) is 1. The summed E-state index contributed by atoms with van der Waals surface area (Å²) in [6.07, 6.45) is 3.07. The molecule has 2 aromatic carbocycles. The van der Waals surface area contributed by atoms with Crippen LogP contribution in [0.3, 0.4) is 0 Å². The van der Waals surface area contributed by atoms with Crippen LogP contribution >= 0.6 is 12.6 Å². The van der Waals surface area contributed by atoms with Crippen LogP contribution in [-0.2, 0) is 32.0 Å². The van der Waals surface area contributed by atoms with Crippen LogP contribution in [0.2, 0.25) is 0 Å². The molecule has 212 valence electrons. The van der Waals surface area contributed by atoms with Crippen molar-refractivity contribution < 1.29 is 29.4 Å². The number of carboxylic acids is 1. The Kier molecular flexibility index (Phi) is 9.33. The highest BCUT2D eigenvalue weighted by molar-refractivity contribution is 7.80. The molecule has 3 amide bonds. The number of likely N-dealkylation sites (tertiary alicyclic amines) is 1. The number of aromatic nitrogens is 1. The van der Waals surface area contributed by atoms with Crippen molar-refractivity contribution in [3.05, 3.63) is 65.9 Å². The van der Waals surface area contributed by atoms with E-state index >= 15 is 0 Å². The number of nitrogens with one attached hydrogen (secondary N) is 3. The standard InChI is InChI=1S/C28H33N5O6S/c29-20(12-16-7-9-18(34)10-8-16)27(37)33-11-3-6-24(33)26(36)31-22(25(35)32-23(15-40)28(38)39)13-17-14-30-21-5-2-1-4-19(17)21/h1-2,4-5,7-10,14,20,22-24,30,34,40H,3,6,11-13,15,29H2,(H,31,36)(H,32,35)(H,38,39). The van der Waals surface area contributed by atoms with Crippen LogP contribution in [0.25, 0.3) is 10.9 Å². The van der Waals surface area contributed by atoms with E-state index in [4.69, 9.17) is 5.73 Å². The van der Waals surface area contributed by atoms with E-state index < -0.39 is 42.0 Å². The molecule has 1 fully saturated rings. The summed E-state index contributed by atoms with van der Waals surface area (Å²) in [5.41, 5.74) is 8.60. The number of nitrogens with two attached hydrogens (primary N) is 1. The van der Waals surface area contributed by atoms with Crippen molar-refractivity contribution in [1.82, 2.24) is 20.5 Å². The van der Waals surface area contributed by atoms with Crippen molar-refractivity contribution in [2.75, 3.05) is 12.3 Å². The van der Waals surface area contributed by atoms with Crippen molar-refractivity contribution in [3.8, 4) is 5.75 Å². The molecule has 4 unspecified atom stereocenters. The second-order valence-electron chi connectivity index (χ2n) is 9.87. The first-order valence-corrected chi connectivity index (χ1v) is 13.6. The van der Waals surface area contributed by atoms with Gasteiger partial charge in [0.05, 0.1) is 6.04 Å². The van der Waals surface area contributed by atoms with Gasteiger partial charge < -0.3 is 36.5 Å². The Hall–Kier alpha value is -4.03. The van der Waals surface area contributed by atoms with Crippen LogP contribution in [-0.4, -0.2) is 80.3 Å². The maximum atomic E-state index is 13.5. The normalized spacial score (nSPS) is 17.2. The van der Waals surface area contributed by atoms with Crippen LogP contribution in [0, 0.1) is 0 Å². The minimum Gasteiger partial charge on any atom is -0.508 e. The van der Waals surface area contributed by atoms with E-state index in [-0.39, 0.29) is 30.3 Å². The lowest BCUT2D eigenvalue weighted by molar-refractivity contribution is -0.142. The SMILES string of the molecule is NC(Cc1ccc(O)cc1)C(=O)N1CCCC1C(=O)NC(Cc1c[nH]c2ccccc12)C(=O)NC(CS)C(=O)O. The van der Waals surface area contributed by atoms with Crippen molar-refractivity contribution in [2.24, 2.45) is 5.73 Å². The summed E-state index contributed by atoms with van der Waals surface area (Å²) in [5.74, 6) is -2.82. The van der Waals surface area contributed by atoms with Gasteiger partial charge >= 0.3 is 5.97 Å². The largest absolute Gasteiger partial charge is 0.508 e. The Morgan fingerprint density at radius 3 is 2.48 bits per heavy atom. The Labute approximate surface area is 236 Å². The zero-order valence-electron chi connectivity index (χ0n) is 21.7. The highest BCUT2D eigenvalue weighted by Gasteiger charge is 2.38. The number of nitrogens with zero attached hydrogens (tertiary/aromatic N) is 1. The highest BCUT2D eigenvalue weighted by atomic mass is 32.1. The second kappa shape index (κ2) is 12.9. The lowest BCUT2D eigenvalue weighted by atomic mass is 10.0. The number of aromatic amines is 1. The summed E-state index contributed by atoms with van der Waals surface area (Å²) in [7, 11) is 0. The third-order valence-electron chi connectivity index (χ3n) is 7.08. The number of phenols is 1. The average molecular weight is 568 g/mol. The quantitative estimate of drug-likeness (QED) is 0.169. The number of phenolic OH excluding ortho intramolecular Hbond substituents is 1. The van der Waals surface area contributed by atoms with E-state index in [1.54, 1.807) is 18.3 Å². The topological polar surface area (TPSA) is 178 Å². The summed E-state index contributed by atoms with van der Waals surface area (Å²) in [5, 5.41) is 25.0. The maximum Gasteiger partial charge on any atom is 0.327 e. The predicted molar refractivity (Wildman–Crippen MR) is 152 cm³/mol. The van der Waals surface area contributed by atoms with E-state index in [9.17, 15) is 29.4 Å². The molecule has 1 aliphatic heterocycles. The van der Waals surface area contributed by atoms with Crippen LogP contribution in [0.5, 0.6) is 5.75 Å². The molecule has 1 aliphatic rings. The van der Waals surface area contributed by atoms with Crippen molar-refractivity contribution in [3.63, 3.8) is 0 Å². The van der Waals surface area contributed by atoms with Gasteiger partial charge in [0.1, 0.15) is 23.9 Å². The van der Waals surface area contributed by atoms with Gasteiger partial charge in [-0.25, -0.2) is 4.79 Å². The molecule has 2 heterocycles. The van der Waals surface area contributed by atoms with E-state index in [1.165, 1.54) is 17.0 Å². The Morgan fingerprint density at radius 1 is 1.05 bits per heavy atom. The summed E-state index contributed by atoms with van der Waals surface area (Å²) in [4.78, 5) is 56.0. The molecule has 4 rings (SSSR count). The second-order valence-corrected chi connectivity index (χ2v) is 10.2. The third-order valence-corrected chi connectivity index (χ3v) is 7.44. The molecule has 11 nitrogen and oxygen atoms in total. The minimum absolute atomic E-state index is 0.0987. The van der Waals surface area contributed by atoms with Gasteiger partial charge in [-0.1, -0.05) is 30.3 Å². The van der Waals surface area contributed by atoms with Crippen molar-refractivity contribution in [2.45, 2.75) is 49.9 Å². The van der Waals surface area contributed by atoms with Gasteiger partial charge in [-0.15, -0.1) is 0 Å². The lowest BCUT2D eigenvalue weighted by Crippen LogP contribution is -2.57. The number of amides is 3. The number of benzene rings is 2. The molecule has 1 saturated heterocycles. The maximum absolute atomic E-state index is 13.5. The molecule has 7 N–H and O–H groups in total. The molecule has 0 spiro atoms. The van der Waals surface area contributed by atoms with Crippen LogP contribution in [0.15, 0.2) is 54.7 Å². The smallest absolute Gasteiger partial charge is 0.327 e. The van der Waals surface area contributed by atoms with Gasteiger partial charge in [0.2, 0.25) is 17.7 Å². The summed E-state index contributed by atoms with van der Waals surface area (Å²) in [6, 6.07) is 9.84. The number of carbonyl (C=O) groups excluding carboxylic acids is 3. The average Bonchev–Trinajstić information content (AvgIpc) is 3.59. The first kappa shape index (κ1) is 29.0. The molecule has 0 bridgehead atoms. The number of hydrogen-bond donors (Lipinski definition) is 7. The molecule has 12 heteroatoms. The van der Waals surface area contributed by atoms with Crippen LogP contribution < -0.4 is 16.4 Å². The van der Waals surface area contributed by atoms with Gasteiger partial charge in [0, 0.05) is 35.8 Å². The number of fused-ring (bicyclic) bond motifs is 1. The van der Waals surface area contributed by atoms with Gasteiger partial charge in [-0.3, -0.25) is 14.4 Å². The summed E-state index contributed by atoms with van der Waals surface area (Å²) >= 11 is 4.01. The number of H-pyrrole nitrogens is 1. The molecule has 0 radical (unpaired) electrons. The first-order chi connectivity index (χ1) is 19.2. The fourth-order valence-corrected chi connectivity index (χ4v) is 5.19. The Bertz CT molecular complexity index is 1380. The summed E-state index contributed by atoms with van der Waals surface area (Å²) < 4.78 is 0. The first-order valence-electron chi connectivity index (χ1n) is 13.0. The zero-order chi connectivity index (χ0) is 28.8. The molecular weight excluding hydrogens is 534 g/mol. The number of hydrogen-bond acceptors (Lipinski definition) is 7. The van der Waals surface area contributed by atoms with Crippen molar-refractivity contribution in [1.29, 1.82) is 0 Å². The van der Waals surface area contributed by atoms with Gasteiger partial charge in [0.25, 0.3) is 0 Å². The summed E-state index contributed by atoms with van der Waals surface area (Å²) in [6.45, 7) is 0.347. The number of aromatic hydroxyl groups is 1. The lowest BCUT2D eigenvalue weighted by Gasteiger charge is -2.28. The molecule has 40 heavy (non-hydrogen) atoms. The zero-order valence-corrected chi connectivity index (χ0v) is 22.6. The monoisotopic (exact) mass is 567 g/mol. The van der Waals surface area contributed by atoms with E-state index in [0.29, 0.717) is 19.4 Å². The third kappa shape index (κ3) is 6.75. The van der Waals surface area contributed by atoms with Gasteiger partial charge in [-0.05, 0) is 48.6 Å². The number of rotatable bonds is 11. The molecule has 0 aliphatic carbocycles. The number of aliphatic carboxylic acids is 1. The fraction of sp³-hybridized carbons (Fsp3) is 0.357. The van der Waals surface area contributed by atoms with Crippen molar-refractivity contribution >= 4 is 47.2 Å². The predicted octanol–water partition coefficient (Wildman–Crippen LogP) is 0.961. The van der Waals surface area contributed by atoms with E-state index in [1.807, 2.05) is 24.3 Å². The fourth-order valence-electron chi connectivity index (χ4n) is 4.94. The molecule has 0 saturated carbocycles. The molecule has 4 atom stereocenters. The Balaban J connectivity index is 1.50.